The Morgan fingerprint density at radius 3 is 3.21 bits per heavy atom. The van der Waals surface area contributed by atoms with E-state index in [-0.39, 0.29) is 5.91 Å². The van der Waals surface area contributed by atoms with Crippen molar-refractivity contribution in [2.45, 2.75) is 12.5 Å². The molecule has 3 N–H and O–H groups in total. The number of fused-ring (bicyclic) bond motifs is 1. The fourth-order valence-electron chi connectivity index (χ4n) is 2.32. The summed E-state index contributed by atoms with van der Waals surface area (Å²) in [5.74, 6) is 2.24. The van der Waals surface area contributed by atoms with Crippen LogP contribution in [0.3, 0.4) is 0 Å². The van der Waals surface area contributed by atoms with Gasteiger partial charge in [0.05, 0.1) is 0 Å². The minimum atomic E-state index is 0.0786. The number of hydrogen-bond acceptors (Lipinski definition) is 3. The zero-order chi connectivity index (χ0) is 13.1. The largest absolute Gasteiger partial charge is 0.361 e. The Kier molecular flexibility index (Phi) is 3.75. The second-order valence-corrected chi connectivity index (χ2v) is 5.91. The maximum atomic E-state index is 12.0. The third-order valence-corrected chi connectivity index (χ3v) is 4.40. The highest BCUT2D eigenvalue weighted by Crippen LogP contribution is 2.18. The van der Waals surface area contributed by atoms with Crippen molar-refractivity contribution in [3.8, 4) is 0 Å². The predicted octanol–water partition coefficient (Wildman–Crippen LogP) is 2.20. The smallest absolute Gasteiger partial charge is 0.225 e. The third kappa shape index (κ3) is 3.11. The molecule has 0 radical (unpaired) electrons. The Bertz CT molecular complexity index is 575. The Morgan fingerprint density at radius 1 is 1.42 bits per heavy atom. The molecule has 0 spiro atoms. The molecule has 1 fully saturated rings. The van der Waals surface area contributed by atoms with Crippen LogP contribution in [-0.4, -0.2) is 35.0 Å². The normalized spacial score (nSPS) is 19.5. The quantitative estimate of drug-likeness (QED) is 0.805. The van der Waals surface area contributed by atoms with Gasteiger partial charge in [-0.2, -0.15) is 11.8 Å². The number of H-pyrrole nitrogens is 1. The van der Waals surface area contributed by atoms with E-state index in [2.05, 4.69) is 15.6 Å². The molecular formula is C14H17N3OS. The number of aromatic amines is 1. The van der Waals surface area contributed by atoms with E-state index in [0.717, 1.165) is 34.6 Å². The molecule has 5 heteroatoms. The van der Waals surface area contributed by atoms with E-state index >= 15 is 0 Å². The number of nitrogens with one attached hydrogen (secondary N) is 3. The molecule has 1 aliphatic rings. The molecule has 4 nitrogen and oxygen atoms in total. The number of thioether (sulfide) groups is 1. The number of amides is 1. The lowest BCUT2D eigenvalue weighted by Gasteiger charge is -2.22. The standard InChI is InChI=1S/C14H17N3OS/c18-14(8-12-9-19-6-5-15-12)17-11-1-2-13-10(7-11)3-4-16-13/h1-4,7,12,15-16H,5-6,8-9H2,(H,17,18). The maximum Gasteiger partial charge on any atom is 0.225 e. The lowest BCUT2D eigenvalue weighted by atomic mass is 10.2. The van der Waals surface area contributed by atoms with Gasteiger partial charge in [0.1, 0.15) is 0 Å². The van der Waals surface area contributed by atoms with Crippen LogP contribution >= 0.6 is 11.8 Å². The highest BCUT2D eigenvalue weighted by atomic mass is 32.2. The Labute approximate surface area is 116 Å². The number of aromatic nitrogens is 1. The van der Waals surface area contributed by atoms with Gasteiger partial charge in [0.15, 0.2) is 0 Å². The van der Waals surface area contributed by atoms with Crippen molar-refractivity contribution in [3.63, 3.8) is 0 Å². The number of rotatable bonds is 3. The van der Waals surface area contributed by atoms with E-state index in [1.165, 1.54) is 0 Å². The van der Waals surface area contributed by atoms with Gasteiger partial charge >= 0.3 is 0 Å². The summed E-state index contributed by atoms with van der Waals surface area (Å²) in [7, 11) is 0. The lowest BCUT2D eigenvalue weighted by Crippen LogP contribution is -2.39. The molecule has 1 atom stereocenters. The Morgan fingerprint density at radius 2 is 2.37 bits per heavy atom. The molecule has 100 valence electrons. The van der Waals surface area contributed by atoms with Crippen molar-refractivity contribution in [1.29, 1.82) is 0 Å². The second-order valence-electron chi connectivity index (χ2n) is 4.76. The van der Waals surface area contributed by atoms with Crippen LogP contribution in [0.4, 0.5) is 5.69 Å². The minimum Gasteiger partial charge on any atom is -0.361 e. The van der Waals surface area contributed by atoms with E-state index in [1.807, 2.05) is 42.2 Å². The molecule has 0 saturated carbocycles. The van der Waals surface area contributed by atoms with Crippen molar-refractivity contribution < 1.29 is 4.79 Å². The van der Waals surface area contributed by atoms with Gasteiger partial charge in [-0.05, 0) is 24.3 Å². The van der Waals surface area contributed by atoms with Gasteiger partial charge in [0.2, 0.25) is 5.91 Å². The van der Waals surface area contributed by atoms with Gasteiger partial charge in [-0.1, -0.05) is 0 Å². The van der Waals surface area contributed by atoms with Gasteiger partial charge in [0, 0.05) is 53.3 Å². The van der Waals surface area contributed by atoms with E-state index < -0.39 is 0 Å². The summed E-state index contributed by atoms with van der Waals surface area (Å²) in [5, 5.41) is 7.46. The highest BCUT2D eigenvalue weighted by molar-refractivity contribution is 7.99. The van der Waals surface area contributed by atoms with E-state index in [9.17, 15) is 4.79 Å². The average Bonchev–Trinajstić information content (AvgIpc) is 2.87. The summed E-state index contributed by atoms with van der Waals surface area (Å²) in [5.41, 5.74) is 1.95. The van der Waals surface area contributed by atoms with Gasteiger partial charge in [-0.15, -0.1) is 0 Å². The maximum absolute atomic E-state index is 12.0. The van der Waals surface area contributed by atoms with Crippen molar-refractivity contribution in [3.05, 3.63) is 30.5 Å². The van der Waals surface area contributed by atoms with Gasteiger partial charge in [-0.3, -0.25) is 4.79 Å². The number of carbonyl (C=O) groups is 1. The Balaban J connectivity index is 1.61. The van der Waals surface area contributed by atoms with E-state index in [1.54, 1.807) is 0 Å². The average molecular weight is 275 g/mol. The van der Waals surface area contributed by atoms with E-state index in [0.29, 0.717) is 12.5 Å². The summed E-state index contributed by atoms with van der Waals surface area (Å²) < 4.78 is 0. The highest BCUT2D eigenvalue weighted by Gasteiger charge is 2.16. The monoisotopic (exact) mass is 275 g/mol. The topological polar surface area (TPSA) is 56.9 Å². The first-order valence-corrected chi connectivity index (χ1v) is 7.65. The van der Waals surface area contributed by atoms with Crippen LogP contribution in [0, 0.1) is 0 Å². The summed E-state index contributed by atoms with van der Waals surface area (Å²) >= 11 is 1.91. The first-order valence-electron chi connectivity index (χ1n) is 6.49. The number of benzene rings is 1. The molecule has 1 aromatic carbocycles. The second kappa shape index (κ2) is 5.67. The number of hydrogen-bond donors (Lipinski definition) is 3. The van der Waals surface area contributed by atoms with Gasteiger partial charge in [-0.25, -0.2) is 0 Å². The lowest BCUT2D eigenvalue weighted by molar-refractivity contribution is -0.116. The van der Waals surface area contributed by atoms with Gasteiger partial charge in [0.25, 0.3) is 0 Å². The molecule has 1 aromatic heterocycles. The molecule has 1 amide bonds. The van der Waals surface area contributed by atoms with Crippen LogP contribution in [-0.2, 0) is 4.79 Å². The first-order chi connectivity index (χ1) is 9.31. The molecule has 2 aromatic rings. The van der Waals surface area contributed by atoms with E-state index in [4.69, 9.17) is 0 Å². The molecule has 3 rings (SSSR count). The van der Waals surface area contributed by atoms with Crippen LogP contribution in [0.2, 0.25) is 0 Å². The van der Waals surface area contributed by atoms with Crippen LogP contribution in [0.1, 0.15) is 6.42 Å². The minimum absolute atomic E-state index is 0.0786. The SMILES string of the molecule is O=C(CC1CSCCN1)Nc1ccc2[nH]ccc2c1. The van der Waals surface area contributed by atoms with Gasteiger partial charge < -0.3 is 15.6 Å². The Hall–Kier alpha value is -1.46. The number of anilines is 1. The summed E-state index contributed by atoms with van der Waals surface area (Å²) in [4.78, 5) is 15.1. The number of carbonyl (C=O) groups excluding carboxylic acids is 1. The van der Waals surface area contributed by atoms with Crippen LogP contribution in [0.15, 0.2) is 30.5 Å². The molecular weight excluding hydrogens is 258 g/mol. The summed E-state index contributed by atoms with van der Waals surface area (Å²) in [6.45, 7) is 0.998. The fourth-order valence-corrected chi connectivity index (χ4v) is 3.27. The molecule has 2 heterocycles. The van der Waals surface area contributed by atoms with Crippen molar-refractivity contribution in [2.24, 2.45) is 0 Å². The summed E-state index contributed by atoms with van der Waals surface area (Å²) in [6.07, 6.45) is 2.44. The zero-order valence-corrected chi connectivity index (χ0v) is 11.4. The zero-order valence-electron chi connectivity index (χ0n) is 10.6. The molecule has 1 saturated heterocycles. The van der Waals surface area contributed by atoms with Crippen molar-refractivity contribution >= 4 is 34.3 Å². The summed E-state index contributed by atoms with van der Waals surface area (Å²) in [6, 6.07) is 8.21. The predicted molar refractivity (Wildman–Crippen MR) is 80.7 cm³/mol. The third-order valence-electron chi connectivity index (χ3n) is 3.27. The molecule has 0 aliphatic carbocycles. The van der Waals surface area contributed by atoms with Crippen LogP contribution in [0.25, 0.3) is 10.9 Å². The fraction of sp³-hybridized carbons (Fsp3) is 0.357. The van der Waals surface area contributed by atoms with Crippen LogP contribution < -0.4 is 10.6 Å². The molecule has 19 heavy (non-hydrogen) atoms. The molecule has 0 bridgehead atoms. The first kappa shape index (κ1) is 12.6. The van der Waals surface area contributed by atoms with Crippen molar-refractivity contribution in [2.75, 3.05) is 23.4 Å². The van der Waals surface area contributed by atoms with Crippen molar-refractivity contribution in [1.82, 2.24) is 10.3 Å². The molecule has 1 aliphatic heterocycles. The molecule has 1 unspecified atom stereocenters. The van der Waals surface area contributed by atoms with Crippen LogP contribution in [0.5, 0.6) is 0 Å².